The molecule has 0 saturated heterocycles. The summed E-state index contributed by atoms with van der Waals surface area (Å²) in [6, 6.07) is 5.65. The Labute approximate surface area is 107 Å². The van der Waals surface area contributed by atoms with Crippen LogP contribution in [0, 0.1) is 0 Å². The highest BCUT2D eigenvalue weighted by Crippen LogP contribution is 2.33. The minimum atomic E-state index is -0.0453. The van der Waals surface area contributed by atoms with Gasteiger partial charge in [-0.3, -0.25) is 4.79 Å². The molecule has 1 aromatic heterocycles. The average molecular weight is 272 g/mol. The van der Waals surface area contributed by atoms with Crippen LogP contribution in [-0.4, -0.2) is 16.0 Å². The minimum Gasteiger partial charge on any atom is -0.299 e. The predicted octanol–water partition coefficient (Wildman–Crippen LogP) is 4.02. The Morgan fingerprint density at radius 1 is 1.56 bits per heavy atom. The molecule has 0 fully saturated rings. The Morgan fingerprint density at radius 2 is 2.31 bits per heavy atom. The van der Waals surface area contributed by atoms with E-state index in [4.69, 9.17) is 11.6 Å². The average Bonchev–Trinajstić information content (AvgIpc) is 2.58. The largest absolute Gasteiger partial charge is 0.299 e. The van der Waals surface area contributed by atoms with E-state index >= 15 is 0 Å². The van der Waals surface area contributed by atoms with Crippen LogP contribution in [0.4, 0.5) is 0 Å². The van der Waals surface area contributed by atoms with Crippen molar-refractivity contribution >= 4 is 50.7 Å². The van der Waals surface area contributed by atoms with E-state index in [1.54, 1.807) is 18.3 Å². The fourth-order valence-corrected chi connectivity index (χ4v) is 3.52. The molecule has 0 aliphatic heterocycles. The molecule has 0 aliphatic carbocycles. The Morgan fingerprint density at radius 3 is 3.00 bits per heavy atom. The van der Waals surface area contributed by atoms with E-state index in [9.17, 15) is 4.79 Å². The van der Waals surface area contributed by atoms with Crippen LogP contribution in [0.3, 0.4) is 0 Å². The lowest BCUT2D eigenvalue weighted by molar-refractivity contribution is -0.116. The maximum atomic E-state index is 11.2. The quantitative estimate of drug-likeness (QED) is 0.790. The van der Waals surface area contributed by atoms with Crippen LogP contribution in [0.25, 0.3) is 10.2 Å². The SMILES string of the molecule is CC(=O)C(C)Sc1nc2cc(Cl)ccc2s1. The van der Waals surface area contributed by atoms with Gasteiger partial charge in [0.1, 0.15) is 5.78 Å². The summed E-state index contributed by atoms with van der Waals surface area (Å²) in [6.45, 7) is 3.49. The first-order chi connectivity index (χ1) is 7.56. The first-order valence-electron chi connectivity index (χ1n) is 4.79. The lowest BCUT2D eigenvalue weighted by Crippen LogP contribution is -2.07. The van der Waals surface area contributed by atoms with Gasteiger partial charge < -0.3 is 0 Å². The van der Waals surface area contributed by atoms with Crippen molar-refractivity contribution < 1.29 is 4.79 Å². The molecule has 0 amide bonds. The van der Waals surface area contributed by atoms with Gasteiger partial charge in [-0.15, -0.1) is 11.3 Å². The van der Waals surface area contributed by atoms with Crippen LogP contribution < -0.4 is 0 Å². The summed E-state index contributed by atoms with van der Waals surface area (Å²) in [5.74, 6) is 0.169. The number of ketones is 1. The summed E-state index contributed by atoms with van der Waals surface area (Å²) in [5, 5.41) is 0.644. The van der Waals surface area contributed by atoms with Crippen molar-refractivity contribution in [2.75, 3.05) is 0 Å². The maximum absolute atomic E-state index is 11.2. The van der Waals surface area contributed by atoms with Gasteiger partial charge in [0, 0.05) is 5.02 Å². The van der Waals surface area contributed by atoms with Gasteiger partial charge in [0.05, 0.1) is 15.5 Å². The smallest absolute Gasteiger partial charge is 0.151 e. The summed E-state index contributed by atoms with van der Waals surface area (Å²) in [6.07, 6.45) is 0. The topological polar surface area (TPSA) is 30.0 Å². The molecule has 5 heteroatoms. The monoisotopic (exact) mass is 271 g/mol. The second kappa shape index (κ2) is 4.73. The molecule has 16 heavy (non-hydrogen) atoms. The number of carbonyl (C=O) groups is 1. The molecule has 0 saturated carbocycles. The van der Waals surface area contributed by atoms with Gasteiger partial charge in [-0.05, 0) is 32.0 Å². The maximum Gasteiger partial charge on any atom is 0.151 e. The van der Waals surface area contributed by atoms with Gasteiger partial charge in [0.2, 0.25) is 0 Å². The molecule has 1 unspecified atom stereocenters. The zero-order valence-corrected chi connectivity index (χ0v) is 11.2. The van der Waals surface area contributed by atoms with E-state index in [1.165, 1.54) is 11.8 Å². The van der Waals surface area contributed by atoms with Gasteiger partial charge in [0.25, 0.3) is 0 Å². The van der Waals surface area contributed by atoms with E-state index < -0.39 is 0 Å². The fraction of sp³-hybridized carbons (Fsp3) is 0.273. The van der Waals surface area contributed by atoms with Crippen LogP contribution >= 0.6 is 34.7 Å². The van der Waals surface area contributed by atoms with E-state index in [0.29, 0.717) is 5.02 Å². The molecule has 0 radical (unpaired) electrons. The molecule has 0 aliphatic rings. The van der Waals surface area contributed by atoms with E-state index in [1.807, 2.05) is 25.1 Å². The number of hydrogen-bond donors (Lipinski definition) is 0. The zero-order chi connectivity index (χ0) is 11.7. The third-order valence-corrected chi connectivity index (χ3v) is 4.76. The van der Waals surface area contributed by atoms with Gasteiger partial charge in [-0.2, -0.15) is 0 Å². The molecule has 2 aromatic rings. The van der Waals surface area contributed by atoms with Crippen LogP contribution in [0.15, 0.2) is 22.5 Å². The molecule has 2 rings (SSSR count). The zero-order valence-electron chi connectivity index (χ0n) is 8.86. The standard InChI is InChI=1S/C11H10ClNOS2/c1-6(14)7(2)15-11-13-9-5-8(12)3-4-10(9)16-11/h3-5,7H,1-2H3. The van der Waals surface area contributed by atoms with Crippen molar-refractivity contribution in [1.82, 2.24) is 4.98 Å². The van der Waals surface area contributed by atoms with E-state index in [-0.39, 0.29) is 11.0 Å². The molecule has 0 spiro atoms. The number of thiazole rings is 1. The van der Waals surface area contributed by atoms with Crippen LogP contribution in [0.2, 0.25) is 5.02 Å². The molecule has 2 nitrogen and oxygen atoms in total. The number of hydrogen-bond acceptors (Lipinski definition) is 4. The van der Waals surface area contributed by atoms with Crippen molar-refractivity contribution in [3.05, 3.63) is 23.2 Å². The second-order valence-corrected chi connectivity index (χ2v) is 6.52. The third-order valence-electron chi connectivity index (χ3n) is 2.18. The Bertz CT molecular complexity index is 538. The number of halogens is 1. The molecule has 1 aromatic carbocycles. The first-order valence-corrected chi connectivity index (χ1v) is 6.87. The minimum absolute atomic E-state index is 0.0453. The van der Waals surface area contributed by atoms with Crippen molar-refractivity contribution in [2.45, 2.75) is 23.4 Å². The van der Waals surface area contributed by atoms with Crippen LogP contribution in [0.5, 0.6) is 0 Å². The Hall–Kier alpha value is -0.580. The summed E-state index contributed by atoms with van der Waals surface area (Å²) in [7, 11) is 0. The first kappa shape index (κ1) is 11.9. The summed E-state index contributed by atoms with van der Waals surface area (Å²) >= 11 is 8.98. The number of fused-ring (bicyclic) bond motifs is 1. The van der Waals surface area contributed by atoms with Crippen LogP contribution in [-0.2, 0) is 4.79 Å². The lowest BCUT2D eigenvalue weighted by Gasteiger charge is -2.02. The summed E-state index contributed by atoms with van der Waals surface area (Å²) in [4.78, 5) is 15.6. The molecule has 1 heterocycles. The highest BCUT2D eigenvalue weighted by Gasteiger charge is 2.12. The molecule has 1 atom stereocenters. The normalized spacial score (nSPS) is 12.9. The van der Waals surface area contributed by atoms with Crippen molar-refractivity contribution in [3.63, 3.8) is 0 Å². The highest BCUT2D eigenvalue weighted by atomic mass is 35.5. The van der Waals surface area contributed by atoms with Gasteiger partial charge in [-0.1, -0.05) is 23.4 Å². The molecule has 0 N–H and O–H groups in total. The summed E-state index contributed by atoms with van der Waals surface area (Å²) in [5.41, 5.74) is 0.899. The predicted molar refractivity (Wildman–Crippen MR) is 70.6 cm³/mol. The number of carbonyl (C=O) groups excluding carboxylic acids is 1. The number of thioether (sulfide) groups is 1. The number of aromatic nitrogens is 1. The fourth-order valence-electron chi connectivity index (χ4n) is 1.16. The van der Waals surface area contributed by atoms with Gasteiger partial charge >= 0.3 is 0 Å². The highest BCUT2D eigenvalue weighted by molar-refractivity contribution is 8.02. The van der Waals surface area contributed by atoms with Gasteiger partial charge in [0.15, 0.2) is 4.34 Å². The number of rotatable bonds is 3. The lowest BCUT2D eigenvalue weighted by atomic mass is 10.3. The molecule has 0 bridgehead atoms. The Kier molecular flexibility index (Phi) is 3.52. The van der Waals surface area contributed by atoms with Crippen molar-refractivity contribution in [2.24, 2.45) is 0 Å². The molecular formula is C11H10ClNOS2. The number of benzene rings is 1. The van der Waals surface area contributed by atoms with E-state index in [0.717, 1.165) is 14.6 Å². The van der Waals surface area contributed by atoms with Gasteiger partial charge in [-0.25, -0.2) is 4.98 Å². The Balaban J connectivity index is 2.29. The molecule has 84 valence electrons. The number of nitrogens with zero attached hydrogens (tertiary/aromatic N) is 1. The van der Waals surface area contributed by atoms with Crippen LogP contribution in [0.1, 0.15) is 13.8 Å². The van der Waals surface area contributed by atoms with Crippen molar-refractivity contribution in [3.8, 4) is 0 Å². The van der Waals surface area contributed by atoms with Crippen molar-refractivity contribution in [1.29, 1.82) is 0 Å². The van der Waals surface area contributed by atoms with E-state index in [2.05, 4.69) is 4.98 Å². The molecular weight excluding hydrogens is 262 g/mol. The second-order valence-electron chi connectivity index (χ2n) is 3.46. The summed E-state index contributed by atoms with van der Waals surface area (Å²) < 4.78 is 2.02. The third kappa shape index (κ3) is 2.56. The number of Topliss-reactive ketones (excluding diaryl/α,β-unsaturated/α-hetero) is 1.